The zero-order chi connectivity index (χ0) is 14.7. The Morgan fingerprint density at radius 2 is 2.15 bits per heavy atom. The van der Waals surface area contributed by atoms with Crippen LogP contribution in [0.15, 0.2) is 23.4 Å². The molecule has 0 spiro atoms. The summed E-state index contributed by atoms with van der Waals surface area (Å²) < 4.78 is 14.8. The molecule has 1 aromatic heterocycles. The Morgan fingerprint density at radius 1 is 1.40 bits per heavy atom. The Bertz CT molecular complexity index is 630. The first-order valence-electron chi connectivity index (χ1n) is 5.37. The minimum Gasteiger partial charge on any atom is -0.481 e. The van der Waals surface area contributed by atoms with Crippen molar-refractivity contribution in [3.05, 3.63) is 34.9 Å². The predicted molar refractivity (Wildman–Crippen MR) is 70.6 cm³/mol. The van der Waals surface area contributed by atoms with Crippen molar-refractivity contribution in [2.75, 3.05) is 5.75 Å². The highest BCUT2D eigenvalue weighted by atomic mass is 35.5. The van der Waals surface area contributed by atoms with Gasteiger partial charge in [-0.2, -0.15) is 0 Å². The molecule has 0 atom stereocenters. The number of aliphatic hydroxyl groups excluding tert-OH is 1. The van der Waals surface area contributed by atoms with Crippen LogP contribution < -0.4 is 0 Å². The molecule has 0 saturated carbocycles. The molecule has 0 aliphatic carbocycles. The van der Waals surface area contributed by atoms with Crippen molar-refractivity contribution in [3.8, 4) is 5.69 Å². The Hall–Kier alpha value is -1.64. The van der Waals surface area contributed by atoms with E-state index in [4.69, 9.17) is 16.7 Å². The Balaban J connectivity index is 2.47. The minimum atomic E-state index is -1.02. The third kappa shape index (κ3) is 3.27. The van der Waals surface area contributed by atoms with Crippen LogP contribution >= 0.6 is 23.4 Å². The van der Waals surface area contributed by atoms with Crippen molar-refractivity contribution in [1.82, 2.24) is 14.8 Å². The fourth-order valence-corrected chi connectivity index (χ4v) is 2.46. The summed E-state index contributed by atoms with van der Waals surface area (Å²) in [5, 5.41) is 25.8. The molecule has 6 nitrogen and oxygen atoms in total. The highest BCUT2D eigenvalue weighted by Crippen LogP contribution is 2.25. The smallest absolute Gasteiger partial charge is 0.313 e. The Morgan fingerprint density at radius 3 is 2.75 bits per heavy atom. The quantitative estimate of drug-likeness (QED) is 0.816. The summed E-state index contributed by atoms with van der Waals surface area (Å²) in [6.45, 7) is -0.422. The summed E-state index contributed by atoms with van der Waals surface area (Å²) in [7, 11) is 0. The number of thioether (sulfide) groups is 1. The maximum atomic E-state index is 13.4. The van der Waals surface area contributed by atoms with Gasteiger partial charge in [-0.3, -0.25) is 9.36 Å². The largest absolute Gasteiger partial charge is 0.481 e. The molecule has 0 saturated heterocycles. The molecule has 0 aliphatic rings. The summed E-state index contributed by atoms with van der Waals surface area (Å²) >= 11 is 6.70. The van der Waals surface area contributed by atoms with Gasteiger partial charge in [0, 0.05) is 5.02 Å². The van der Waals surface area contributed by atoms with Gasteiger partial charge in [-0.1, -0.05) is 23.4 Å². The standard InChI is InChI=1S/C11H9ClFN3O3S/c12-6-1-7(13)3-8(2-6)16-9(4-17)14-15-11(16)20-5-10(18)19/h1-3,17H,4-5H2,(H,18,19). The van der Waals surface area contributed by atoms with Gasteiger partial charge in [0.25, 0.3) is 0 Å². The SMILES string of the molecule is O=C(O)CSc1nnc(CO)n1-c1cc(F)cc(Cl)c1. The number of nitrogens with zero attached hydrogens (tertiary/aromatic N) is 3. The van der Waals surface area contributed by atoms with Crippen LogP contribution in [0.25, 0.3) is 5.69 Å². The molecule has 20 heavy (non-hydrogen) atoms. The number of benzene rings is 1. The molecule has 0 radical (unpaired) electrons. The van der Waals surface area contributed by atoms with Crippen LogP contribution in [-0.2, 0) is 11.4 Å². The number of hydrogen-bond donors (Lipinski definition) is 2. The van der Waals surface area contributed by atoms with Crippen molar-refractivity contribution >= 4 is 29.3 Å². The average molecular weight is 318 g/mol. The number of halogens is 2. The molecule has 0 amide bonds. The van der Waals surface area contributed by atoms with E-state index in [1.807, 2.05) is 0 Å². The van der Waals surface area contributed by atoms with Crippen molar-refractivity contribution < 1.29 is 19.4 Å². The third-order valence-corrected chi connectivity index (χ3v) is 3.40. The molecule has 2 N–H and O–H groups in total. The second-order valence-corrected chi connectivity index (χ2v) is 5.08. The van der Waals surface area contributed by atoms with E-state index in [1.165, 1.54) is 16.7 Å². The number of carboxylic acids is 1. The number of rotatable bonds is 5. The molecule has 9 heteroatoms. The molecule has 1 heterocycles. The summed E-state index contributed by atoms with van der Waals surface area (Å²) in [4.78, 5) is 10.6. The van der Waals surface area contributed by atoms with Gasteiger partial charge in [0.2, 0.25) is 0 Å². The molecule has 2 rings (SSSR count). The molecular weight excluding hydrogens is 309 g/mol. The number of hydrogen-bond acceptors (Lipinski definition) is 5. The van der Waals surface area contributed by atoms with Gasteiger partial charge in [0.1, 0.15) is 12.4 Å². The van der Waals surface area contributed by atoms with E-state index in [9.17, 15) is 14.3 Å². The molecule has 0 aliphatic heterocycles. The minimum absolute atomic E-state index is 0.166. The van der Waals surface area contributed by atoms with Gasteiger partial charge in [0.05, 0.1) is 11.4 Å². The lowest BCUT2D eigenvalue weighted by Gasteiger charge is -2.09. The zero-order valence-electron chi connectivity index (χ0n) is 9.95. The van der Waals surface area contributed by atoms with Gasteiger partial charge >= 0.3 is 5.97 Å². The van der Waals surface area contributed by atoms with Crippen molar-refractivity contribution in [2.45, 2.75) is 11.8 Å². The van der Waals surface area contributed by atoms with Crippen LogP contribution in [0, 0.1) is 5.82 Å². The Labute approximate surface area is 122 Å². The van der Waals surface area contributed by atoms with Crippen LogP contribution in [-0.4, -0.2) is 36.7 Å². The zero-order valence-corrected chi connectivity index (χ0v) is 11.5. The molecule has 0 bridgehead atoms. The van der Waals surface area contributed by atoms with Gasteiger partial charge in [0.15, 0.2) is 11.0 Å². The highest BCUT2D eigenvalue weighted by Gasteiger charge is 2.16. The van der Waals surface area contributed by atoms with E-state index in [0.717, 1.165) is 17.8 Å². The molecule has 2 aromatic rings. The van der Waals surface area contributed by atoms with Crippen molar-refractivity contribution in [3.63, 3.8) is 0 Å². The van der Waals surface area contributed by atoms with Crippen LogP contribution in [0.3, 0.4) is 0 Å². The first-order valence-corrected chi connectivity index (χ1v) is 6.74. The molecule has 1 aromatic carbocycles. The van der Waals surface area contributed by atoms with Crippen LogP contribution in [0.5, 0.6) is 0 Å². The fraction of sp³-hybridized carbons (Fsp3) is 0.182. The number of aliphatic hydroxyl groups is 1. The van der Waals surface area contributed by atoms with E-state index in [2.05, 4.69) is 10.2 Å². The first-order chi connectivity index (χ1) is 9.51. The van der Waals surface area contributed by atoms with E-state index in [-0.39, 0.29) is 21.8 Å². The van der Waals surface area contributed by atoms with Gasteiger partial charge in [-0.25, -0.2) is 4.39 Å². The van der Waals surface area contributed by atoms with E-state index < -0.39 is 18.4 Å². The van der Waals surface area contributed by atoms with Crippen LogP contribution in [0.2, 0.25) is 5.02 Å². The summed E-state index contributed by atoms with van der Waals surface area (Å²) in [6.07, 6.45) is 0. The number of carboxylic acid groups (broad SMARTS) is 1. The van der Waals surface area contributed by atoms with Crippen molar-refractivity contribution in [2.24, 2.45) is 0 Å². The maximum absolute atomic E-state index is 13.4. The average Bonchev–Trinajstić information content (AvgIpc) is 2.77. The molecule has 0 unspecified atom stereocenters. The Kier molecular flexibility index (Phi) is 4.58. The fourth-order valence-electron chi connectivity index (χ4n) is 1.55. The predicted octanol–water partition coefficient (Wildman–Crippen LogP) is 1.73. The van der Waals surface area contributed by atoms with E-state index in [0.29, 0.717) is 5.69 Å². The number of aromatic nitrogens is 3. The lowest BCUT2D eigenvalue weighted by atomic mass is 10.3. The monoisotopic (exact) mass is 317 g/mol. The topological polar surface area (TPSA) is 88.2 Å². The summed E-state index contributed by atoms with van der Waals surface area (Å²) in [5.41, 5.74) is 0.317. The van der Waals surface area contributed by atoms with E-state index in [1.54, 1.807) is 0 Å². The van der Waals surface area contributed by atoms with Crippen LogP contribution in [0.1, 0.15) is 5.82 Å². The molecule has 106 valence electrons. The number of aliphatic carboxylic acids is 1. The third-order valence-electron chi connectivity index (χ3n) is 2.27. The first kappa shape index (κ1) is 14.8. The summed E-state index contributed by atoms with van der Waals surface area (Å²) in [6, 6.07) is 3.80. The second-order valence-electron chi connectivity index (χ2n) is 3.70. The van der Waals surface area contributed by atoms with Gasteiger partial charge in [-0.05, 0) is 18.2 Å². The molecular formula is C11H9ClFN3O3S. The van der Waals surface area contributed by atoms with Crippen LogP contribution in [0.4, 0.5) is 4.39 Å². The highest BCUT2D eigenvalue weighted by molar-refractivity contribution is 7.99. The summed E-state index contributed by atoms with van der Waals surface area (Å²) in [5.74, 6) is -1.64. The number of carbonyl (C=O) groups is 1. The lowest BCUT2D eigenvalue weighted by Crippen LogP contribution is -2.05. The van der Waals surface area contributed by atoms with Gasteiger partial charge in [-0.15, -0.1) is 10.2 Å². The normalized spacial score (nSPS) is 10.8. The lowest BCUT2D eigenvalue weighted by molar-refractivity contribution is -0.133. The second kappa shape index (κ2) is 6.21. The van der Waals surface area contributed by atoms with E-state index >= 15 is 0 Å². The molecule has 0 fully saturated rings. The van der Waals surface area contributed by atoms with Crippen molar-refractivity contribution in [1.29, 1.82) is 0 Å². The van der Waals surface area contributed by atoms with Gasteiger partial charge < -0.3 is 10.2 Å². The maximum Gasteiger partial charge on any atom is 0.313 e.